The lowest BCUT2D eigenvalue weighted by Crippen LogP contribution is -2.40. The summed E-state index contributed by atoms with van der Waals surface area (Å²) >= 11 is 0. The van der Waals surface area contributed by atoms with Gasteiger partial charge in [0, 0.05) is 6.54 Å². The molecule has 6 heteroatoms. The molecule has 0 radical (unpaired) electrons. The van der Waals surface area contributed by atoms with Crippen molar-refractivity contribution in [1.82, 2.24) is 15.1 Å². The third kappa shape index (κ3) is 1.48. The Morgan fingerprint density at radius 2 is 2.19 bits per heavy atom. The van der Waals surface area contributed by atoms with Gasteiger partial charge in [-0.3, -0.25) is 4.68 Å². The van der Waals surface area contributed by atoms with Gasteiger partial charge in [0.2, 0.25) is 0 Å². The largest absolute Gasteiger partial charge is 0.311 e. The molecule has 0 spiro atoms. The fourth-order valence-corrected chi connectivity index (χ4v) is 3.90. The van der Waals surface area contributed by atoms with Crippen LogP contribution in [0.25, 0.3) is 0 Å². The minimum atomic E-state index is -2.78. The van der Waals surface area contributed by atoms with Gasteiger partial charge < -0.3 is 5.32 Å². The topological polar surface area (TPSA) is 64.0 Å². The van der Waals surface area contributed by atoms with E-state index in [1.807, 2.05) is 11.6 Å². The molecule has 0 atom stereocenters. The second-order valence-corrected chi connectivity index (χ2v) is 6.77. The molecule has 1 N–H and O–H groups in total. The monoisotopic (exact) mass is 241 g/mol. The number of fused-ring (bicyclic) bond motifs is 1. The maximum atomic E-state index is 11.2. The number of hydrogen-bond acceptors (Lipinski definition) is 4. The van der Waals surface area contributed by atoms with Gasteiger partial charge in [-0.05, 0) is 25.5 Å². The first kappa shape index (κ1) is 10.3. The summed E-state index contributed by atoms with van der Waals surface area (Å²) in [7, 11) is -2.78. The summed E-state index contributed by atoms with van der Waals surface area (Å²) in [6.45, 7) is 3.81. The van der Waals surface area contributed by atoms with E-state index in [0.29, 0.717) is 0 Å². The summed E-state index contributed by atoms with van der Waals surface area (Å²) in [5.74, 6) is 0.501. The van der Waals surface area contributed by atoms with Gasteiger partial charge >= 0.3 is 0 Å². The van der Waals surface area contributed by atoms with Crippen molar-refractivity contribution in [2.45, 2.75) is 25.9 Å². The maximum absolute atomic E-state index is 11.2. The molecule has 3 rings (SSSR count). The molecule has 5 nitrogen and oxygen atoms in total. The van der Waals surface area contributed by atoms with Crippen LogP contribution in [0.3, 0.4) is 0 Å². The van der Waals surface area contributed by atoms with Crippen molar-refractivity contribution in [3.05, 3.63) is 17.0 Å². The second kappa shape index (κ2) is 3.30. The highest BCUT2D eigenvalue weighted by Gasteiger charge is 2.37. The van der Waals surface area contributed by atoms with E-state index in [-0.39, 0.29) is 17.5 Å². The van der Waals surface area contributed by atoms with Gasteiger partial charge in [-0.25, -0.2) is 8.42 Å². The van der Waals surface area contributed by atoms with Gasteiger partial charge in [-0.1, -0.05) is 0 Å². The zero-order valence-corrected chi connectivity index (χ0v) is 10.0. The number of aromatic nitrogens is 2. The molecule has 1 aromatic heterocycles. The van der Waals surface area contributed by atoms with E-state index in [1.165, 1.54) is 11.3 Å². The third-order valence-corrected chi connectivity index (χ3v) is 5.19. The summed E-state index contributed by atoms with van der Waals surface area (Å²) in [5, 5.41) is 7.80. The number of hydrogen-bond donors (Lipinski definition) is 1. The Morgan fingerprint density at radius 1 is 1.44 bits per heavy atom. The average molecular weight is 241 g/mol. The van der Waals surface area contributed by atoms with Crippen molar-refractivity contribution < 1.29 is 8.42 Å². The molecular weight excluding hydrogens is 226 g/mol. The molecule has 3 heterocycles. The molecule has 0 bridgehead atoms. The number of aryl methyl sites for hydroxylation is 1. The van der Waals surface area contributed by atoms with Crippen LogP contribution in [0.15, 0.2) is 0 Å². The lowest BCUT2D eigenvalue weighted by molar-refractivity contribution is 0.447. The zero-order chi connectivity index (χ0) is 11.3. The minimum Gasteiger partial charge on any atom is -0.311 e. The molecule has 0 aliphatic carbocycles. The normalized spacial score (nSPS) is 23.8. The number of nitrogens with one attached hydrogen (secondary N) is 1. The molecule has 88 valence electrons. The summed E-state index contributed by atoms with van der Waals surface area (Å²) in [6.07, 6.45) is 1.00. The van der Waals surface area contributed by atoms with Crippen LogP contribution in [-0.2, 0) is 22.8 Å². The predicted octanol–water partition coefficient (Wildman–Crippen LogP) is -0.193. The van der Waals surface area contributed by atoms with Crippen molar-refractivity contribution in [1.29, 1.82) is 0 Å². The van der Waals surface area contributed by atoms with E-state index in [4.69, 9.17) is 0 Å². The quantitative estimate of drug-likeness (QED) is 0.740. The third-order valence-electron chi connectivity index (χ3n) is 3.40. The maximum Gasteiger partial charge on any atom is 0.154 e. The van der Waals surface area contributed by atoms with Crippen LogP contribution in [0.2, 0.25) is 0 Å². The van der Waals surface area contributed by atoms with Crippen molar-refractivity contribution in [3.63, 3.8) is 0 Å². The van der Waals surface area contributed by atoms with E-state index in [2.05, 4.69) is 10.4 Å². The summed E-state index contributed by atoms with van der Waals surface area (Å²) in [5.41, 5.74) is 3.55. The molecule has 1 aromatic rings. The van der Waals surface area contributed by atoms with Crippen LogP contribution in [0.1, 0.15) is 23.0 Å². The first-order chi connectivity index (χ1) is 7.57. The average Bonchev–Trinajstić information content (AvgIpc) is 2.53. The highest BCUT2D eigenvalue weighted by atomic mass is 32.2. The van der Waals surface area contributed by atoms with Gasteiger partial charge in [0.15, 0.2) is 9.84 Å². The molecular formula is C10H15N3O2S. The molecule has 0 aromatic carbocycles. The van der Waals surface area contributed by atoms with Crippen LogP contribution >= 0.6 is 0 Å². The second-order valence-electron chi connectivity index (χ2n) is 4.61. The van der Waals surface area contributed by atoms with E-state index in [9.17, 15) is 8.42 Å². The number of nitrogens with zero attached hydrogens (tertiary/aromatic N) is 2. The van der Waals surface area contributed by atoms with Gasteiger partial charge in [0.25, 0.3) is 0 Å². The van der Waals surface area contributed by atoms with Crippen molar-refractivity contribution in [3.8, 4) is 0 Å². The Kier molecular flexibility index (Phi) is 2.12. The van der Waals surface area contributed by atoms with Crippen molar-refractivity contribution in [2.75, 3.05) is 18.1 Å². The van der Waals surface area contributed by atoms with Crippen LogP contribution in [-0.4, -0.2) is 36.2 Å². The lowest BCUT2D eigenvalue weighted by Gasteiger charge is -2.28. The Bertz CT molecular complexity index is 521. The smallest absolute Gasteiger partial charge is 0.154 e. The first-order valence-electron chi connectivity index (χ1n) is 5.55. The van der Waals surface area contributed by atoms with Gasteiger partial charge in [-0.15, -0.1) is 0 Å². The van der Waals surface area contributed by atoms with Crippen molar-refractivity contribution in [2.24, 2.45) is 0 Å². The van der Waals surface area contributed by atoms with E-state index in [1.54, 1.807) is 0 Å². The van der Waals surface area contributed by atoms with E-state index < -0.39 is 9.84 Å². The highest BCUT2D eigenvalue weighted by Crippen LogP contribution is 2.28. The SMILES string of the molecule is Cc1nn(C2CS(=O)(=O)C2)c2c1CCNC2. The molecule has 16 heavy (non-hydrogen) atoms. The van der Waals surface area contributed by atoms with E-state index >= 15 is 0 Å². The molecule has 2 aliphatic heterocycles. The summed E-state index contributed by atoms with van der Waals surface area (Å²) < 4.78 is 24.3. The van der Waals surface area contributed by atoms with Crippen molar-refractivity contribution >= 4 is 9.84 Å². The predicted molar refractivity (Wildman–Crippen MR) is 60.1 cm³/mol. The molecule has 0 saturated carbocycles. The summed E-state index contributed by atoms with van der Waals surface area (Å²) in [6, 6.07) is 0.0624. The van der Waals surface area contributed by atoms with Gasteiger partial charge in [0.1, 0.15) is 0 Å². The molecule has 1 saturated heterocycles. The zero-order valence-electron chi connectivity index (χ0n) is 9.23. The van der Waals surface area contributed by atoms with Crippen LogP contribution in [0.4, 0.5) is 0 Å². The van der Waals surface area contributed by atoms with E-state index in [0.717, 1.165) is 25.2 Å². The lowest BCUT2D eigenvalue weighted by atomic mass is 10.1. The number of rotatable bonds is 1. The van der Waals surface area contributed by atoms with Gasteiger partial charge in [0.05, 0.1) is 28.9 Å². The molecule has 0 amide bonds. The van der Waals surface area contributed by atoms with Crippen LogP contribution < -0.4 is 5.32 Å². The Labute approximate surface area is 94.8 Å². The Hall–Kier alpha value is -0.880. The first-order valence-corrected chi connectivity index (χ1v) is 7.37. The molecule has 0 unspecified atom stereocenters. The van der Waals surface area contributed by atoms with Crippen LogP contribution in [0, 0.1) is 6.92 Å². The standard InChI is InChI=1S/C10H15N3O2S/c1-7-9-2-3-11-4-10(9)13(12-7)8-5-16(14,15)6-8/h8,11H,2-6H2,1H3. The Morgan fingerprint density at radius 3 is 2.88 bits per heavy atom. The summed E-state index contributed by atoms with van der Waals surface area (Å²) in [4.78, 5) is 0. The minimum absolute atomic E-state index is 0.0624. The highest BCUT2D eigenvalue weighted by molar-refractivity contribution is 7.92. The number of sulfone groups is 1. The molecule has 1 fully saturated rings. The Balaban J connectivity index is 1.96. The van der Waals surface area contributed by atoms with Gasteiger partial charge in [-0.2, -0.15) is 5.10 Å². The fraction of sp³-hybridized carbons (Fsp3) is 0.700. The molecule has 2 aliphatic rings. The fourth-order valence-electron chi connectivity index (χ4n) is 2.54. The van der Waals surface area contributed by atoms with Crippen LogP contribution in [0.5, 0.6) is 0 Å².